The first-order valence-electron chi connectivity index (χ1n) is 3.40. The number of ether oxygens (including phenoxy) is 1. The second kappa shape index (κ2) is 4.11. The third-order valence-electron chi connectivity index (χ3n) is 1.51. The maximum absolute atomic E-state index is 12.8. The molecule has 0 N–H and O–H groups in total. The summed E-state index contributed by atoms with van der Waals surface area (Å²) in [6.07, 6.45) is 0. The van der Waals surface area contributed by atoms with Gasteiger partial charge in [-0.25, -0.2) is 13.6 Å². The highest BCUT2D eigenvalue weighted by atomic mass is 35.5. The SMILES string of the molecule is COC(=O)c1cc(F)c(F)c(Cl)c1Cl. The first kappa shape index (κ1) is 11.2. The molecule has 6 heteroatoms. The van der Waals surface area contributed by atoms with E-state index >= 15 is 0 Å². The zero-order valence-electron chi connectivity index (χ0n) is 6.91. The first-order valence-corrected chi connectivity index (χ1v) is 4.16. The number of halogens is 4. The molecule has 0 aromatic heterocycles. The zero-order valence-corrected chi connectivity index (χ0v) is 8.42. The summed E-state index contributed by atoms with van der Waals surface area (Å²) >= 11 is 10.8. The van der Waals surface area contributed by atoms with Crippen molar-refractivity contribution in [1.29, 1.82) is 0 Å². The van der Waals surface area contributed by atoms with E-state index in [1.165, 1.54) is 0 Å². The van der Waals surface area contributed by atoms with Crippen LogP contribution >= 0.6 is 23.2 Å². The highest BCUT2D eigenvalue weighted by molar-refractivity contribution is 6.43. The Bertz CT molecular complexity index is 393. The fourth-order valence-electron chi connectivity index (χ4n) is 0.831. The van der Waals surface area contributed by atoms with Gasteiger partial charge in [0.1, 0.15) is 0 Å². The Hall–Kier alpha value is -0.870. The van der Waals surface area contributed by atoms with Crippen LogP contribution in [-0.2, 0) is 4.74 Å². The number of carbonyl (C=O) groups is 1. The molecule has 0 amide bonds. The third kappa shape index (κ3) is 1.81. The summed E-state index contributed by atoms with van der Waals surface area (Å²) in [6.45, 7) is 0. The predicted octanol–water partition coefficient (Wildman–Crippen LogP) is 3.06. The van der Waals surface area contributed by atoms with Crippen LogP contribution in [0.1, 0.15) is 10.4 Å². The molecule has 0 saturated carbocycles. The van der Waals surface area contributed by atoms with E-state index in [-0.39, 0.29) is 10.6 Å². The van der Waals surface area contributed by atoms with E-state index in [2.05, 4.69) is 4.74 Å². The van der Waals surface area contributed by atoms with Crippen LogP contribution in [0.25, 0.3) is 0 Å². The maximum atomic E-state index is 12.8. The van der Waals surface area contributed by atoms with Crippen LogP contribution in [0.4, 0.5) is 8.78 Å². The summed E-state index contributed by atoms with van der Waals surface area (Å²) in [5.41, 5.74) is -0.307. The van der Waals surface area contributed by atoms with Crippen LogP contribution < -0.4 is 0 Å². The van der Waals surface area contributed by atoms with Crippen LogP contribution in [0.3, 0.4) is 0 Å². The van der Waals surface area contributed by atoms with Crippen LogP contribution in [-0.4, -0.2) is 13.1 Å². The Morgan fingerprint density at radius 2 is 1.93 bits per heavy atom. The molecule has 0 bridgehead atoms. The number of benzene rings is 1. The molecule has 0 fully saturated rings. The van der Waals surface area contributed by atoms with E-state index in [0.29, 0.717) is 6.07 Å². The van der Waals surface area contributed by atoms with Crippen molar-refractivity contribution in [1.82, 2.24) is 0 Å². The number of esters is 1. The minimum Gasteiger partial charge on any atom is -0.465 e. The van der Waals surface area contributed by atoms with Crippen molar-refractivity contribution in [3.63, 3.8) is 0 Å². The van der Waals surface area contributed by atoms with Gasteiger partial charge in [0.2, 0.25) is 0 Å². The third-order valence-corrected chi connectivity index (χ3v) is 2.35. The van der Waals surface area contributed by atoms with Gasteiger partial charge in [0, 0.05) is 0 Å². The van der Waals surface area contributed by atoms with Gasteiger partial charge in [-0.05, 0) is 6.07 Å². The largest absolute Gasteiger partial charge is 0.465 e. The molecule has 14 heavy (non-hydrogen) atoms. The molecule has 0 aliphatic carbocycles. The molecule has 0 spiro atoms. The number of carbonyl (C=O) groups excluding carboxylic acids is 1. The predicted molar refractivity (Wildman–Crippen MR) is 47.7 cm³/mol. The molecular weight excluding hydrogens is 237 g/mol. The molecule has 1 rings (SSSR count). The average Bonchev–Trinajstić information content (AvgIpc) is 2.19. The molecule has 0 heterocycles. The molecule has 76 valence electrons. The standard InChI is InChI=1S/C8H4Cl2F2O2/c1-14-8(13)3-2-4(11)7(12)6(10)5(3)9/h2H,1H3. The van der Waals surface area contributed by atoms with E-state index < -0.39 is 22.6 Å². The smallest absolute Gasteiger partial charge is 0.339 e. The summed E-state index contributed by atoms with van der Waals surface area (Å²) in [5.74, 6) is -3.42. The minimum absolute atomic E-state index is 0.307. The van der Waals surface area contributed by atoms with Crippen molar-refractivity contribution in [3.8, 4) is 0 Å². The van der Waals surface area contributed by atoms with Gasteiger partial charge in [-0.2, -0.15) is 0 Å². The van der Waals surface area contributed by atoms with E-state index in [1.54, 1.807) is 0 Å². The molecule has 0 unspecified atom stereocenters. The van der Waals surface area contributed by atoms with Crippen LogP contribution in [0.5, 0.6) is 0 Å². The highest BCUT2D eigenvalue weighted by Gasteiger charge is 2.20. The van der Waals surface area contributed by atoms with Gasteiger partial charge in [0.25, 0.3) is 0 Å². The summed E-state index contributed by atoms with van der Waals surface area (Å²) in [6, 6.07) is 0.634. The Kier molecular flexibility index (Phi) is 3.29. The van der Waals surface area contributed by atoms with Crippen molar-refractivity contribution >= 4 is 29.2 Å². The Morgan fingerprint density at radius 3 is 2.43 bits per heavy atom. The van der Waals surface area contributed by atoms with Crippen LogP contribution in [0, 0.1) is 11.6 Å². The van der Waals surface area contributed by atoms with Crippen molar-refractivity contribution in [2.45, 2.75) is 0 Å². The van der Waals surface area contributed by atoms with E-state index in [0.717, 1.165) is 7.11 Å². The summed E-state index contributed by atoms with van der Waals surface area (Å²) in [4.78, 5) is 11.0. The van der Waals surface area contributed by atoms with Gasteiger partial charge in [0.15, 0.2) is 11.6 Å². The maximum Gasteiger partial charge on any atom is 0.339 e. The monoisotopic (exact) mass is 240 g/mol. The van der Waals surface area contributed by atoms with Gasteiger partial charge in [0.05, 0.1) is 22.7 Å². The second-order valence-electron chi connectivity index (χ2n) is 2.34. The Labute approximate surface area is 88.4 Å². The van der Waals surface area contributed by atoms with Crippen LogP contribution in [0.2, 0.25) is 10.0 Å². The highest BCUT2D eigenvalue weighted by Crippen LogP contribution is 2.30. The second-order valence-corrected chi connectivity index (χ2v) is 3.10. The van der Waals surface area contributed by atoms with E-state index in [1.807, 2.05) is 0 Å². The van der Waals surface area contributed by atoms with Crippen molar-refractivity contribution < 1.29 is 18.3 Å². The lowest BCUT2D eigenvalue weighted by atomic mass is 10.2. The summed E-state index contributed by atoms with van der Waals surface area (Å²) in [5, 5.41) is -0.996. The molecule has 0 aliphatic rings. The normalized spacial score (nSPS) is 10.1. The average molecular weight is 241 g/mol. The van der Waals surface area contributed by atoms with Gasteiger partial charge in [-0.1, -0.05) is 23.2 Å². The molecule has 0 atom stereocenters. The Morgan fingerprint density at radius 1 is 1.36 bits per heavy atom. The molecular formula is C8H4Cl2F2O2. The lowest BCUT2D eigenvalue weighted by molar-refractivity contribution is 0.0600. The summed E-state index contributed by atoms with van der Waals surface area (Å²) < 4.78 is 29.9. The van der Waals surface area contributed by atoms with Crippen molar-refractivity contribution in [2.75, 3.05) is 7.11 Å². The fourth-order valence-corrected chi connectivity index (χ4v) is 1.24. The number of rotatable bonds is 1. The molecule has 0 aliphatic heterocycles. The van der Waals surface area contributed by atoms with Crippen molar-refractivity contribution in [3.05, 3.63) is 33.3 Å². The van der Waals surface area contributed by atoms with Gasteiger partial charge >= 0.3 is 5.97 Å². The molecule has 1 aromatic rings. The number of methoxy groups -OCH3 is 1. The lowest BCUT2D eigenvalue weighted by Crippen LogP contribution is -2.04. The van der Waals surface area contributed by atoms with E-state index in [9.17, 15) is 13.6 Å². The number of hydrogen-bond donors (Lipinski definition) is 0. The molecule has 0 radical (unpaired) electrons. The van der Waals surface area contributed by atoms with Crippen LogP contribution in [0.15, 0.2) is 6.07 Å². The molecule has 1 aromatic carbocycles. The zero-order chi connectivity index (χ0) is 10.9. The minimum atomic E-state index is -1.29. The molecule has 0 saturated heterocycles. The van der Waals surface area contributed by atoms with Crippen molar-refractivity contribution in [2.24, 2.45) is 0 Å². The number of hydrogen-bond acceptors (Lipinski definition) is 2. The molecule has 2 nitrogen and oxygen atoms in total. The topological polar surface area (TPSA) is 26.3 Å². The first-order chi connectivity index (χ1) is 6.49. The Balaban J connectivity index is 3.40. The van der Waals surface area contributed by atoms with Gasteiger partial charge in [-0.15, -0.1) is 0 Å². The van der Waals surface area contributed by atoms with Gasteiger partial charge in [-0.3, -0.25) is 0 Å². The van der Waals surface area contributed by atoms with Gasteiger partial charge < -0.3 is 4.74 Å². The fraction of sp³-hybridized carbons (Fsp3) is 0.125. The summed E-state index contributed by atoms with van der Waals surface area (Å²) in [7, 11) is 1.09. The quantitative estimate of drug-likeness (QED) is 0.429. The van der Waals surface area contributed by atoms with E-state index in [4.69, 9.17) is 23.2 Å². The lowest BCUT2D eigenvalue weighted by Gasteiger charge is -2.05.